The molecular weight excluding hydrogens is 324 g/mol. The minimum absolute atomic E-state index is 0.208. The molecule has 0 radical (unpaired) electrons. The maximum Gasteiger partial charge on any atom is 0.340 e. The SMILES string of the molecule is Cc1cc(C)n(-c2ccc(Cl)c(C(=O)OCc3ccccc3)c2)n1. The van der Waals surface area contributed by atoms with Gasteiger partial charge in [0.05, 0.1) is 22.0 Å². The number of carbonyl (C=O) groups excluding carboxylic acids is 1. The summed E-state index contributed by atoms with van der Waals surface area (Å²) < 4.78 is 7.15. The summed E-state index contributed by atoms with van der Waals surface area (Å²) in [5.41, 5.74) is 3.93. The van der Waals surface area contributed by atoms with Gasteiger partial charge in [0.25, 0.3) is 0 Å². The van der Waals surface area contributed by atoms with E-state index in [0.29, 0.717) is 10.6 Å². The Morgan fingerprint density at radius 3 is 2.54 bits per heavy atom. The second kappa shape index (κ2) is 6.89. The molecule has 3 rings (SSSR count). The molecule has 1 heterocycles. The molecule has 0 atom stereocenters. The van der Waals surface area contributed by atoms with E-state index in [1.54, 1.807) is 16.8 Å². The highest BCUT2D eigenvalue weighted by Gasteiger charge is 2.15. The monoisotopic (exact) mass is 340 g/mol. The molecule has 122 valence electrons. The van der Waals surface area contributed by atoms with Crippen LogP contribution in [0.25, 0.3) is 5.69 Å². The zero-order valence-electron chi connectivity index (χ0n) is 13.5. The van der Waals surface area contributed by atoms with Gasteiger partial charge in [-0.25, -0.2) is 9.48 Å². The molecule has 0 spiro atoms. The molecule has 0 aliphatic carbocycles. The fourth-order valence-corrected chi connectivity index (χ4v) is 2.69. The summed E-state index contributed by atoms with van der Waals surface area (Å²) in [5.74, 6) is -0.452. The fourth-order valence-electron chi connectivity index (χ4n) is 2.49. The van der Waals surface area contributed by atoms with Gasteiger partial charge in [-0.1, -0.05) is 41.9 Å². The van der Waals surface area contributed by atoms with E-state index in [1.165, 1.54) is 0 Å². The van der Waals surface area contributed by atoms with Crippen molar-refractivity contribution in [1.82, 2.24) is 9.78 Å². The smallest absolute Gasteiger partial charge is 0.340 e. The summed E-state index contributed by atoms with van der Waals surface area (Å²) in [6, 6.07) is 16.7. The zero-order valence-corrected chi connectivity index (χ0v) is 14.2. The maximum absolute atomic E-state index is 12.4. The Morgan fingerprint density at radius 1 is 1.12 bits per heavy atom. The number of hydrogen-bond donors (Lipinski definition) is 0. The van der Waals surface area contributed by atoms with E-state index in [0.717, 1.165) is 22.6 Å². The average molecular weight is 341 g/mol. The van der Waals surface area contributed by atoms with Crippen LogP contribution in [-0.4, -0.2) is 15.7 Å². The summed E-state index contributed by atoms with van der Waals surface area (Å²) in [6.07, 6.45) is 0. The van der Waals surface area contributed by atoms with Crippen molar-refractivity contribution in [3.05, 3.63) is 82.1 Å². The second-order valence-corrected chi connectivity index (χ2v) is 5.97. The third kappa shape index (κ3) is 3.49. The lowest BCUT2D eigenvalue weighted by molar-refractivity contribution is 0.0473. The van der Waals surface area contributed by atoms with Crippen LogP contribution in [0.2, 0.25) is 5.02 Å². The Balaban J connectivity index is 1.83. The van der Waals surface area contributed by atoms with Crippen LogP contribution in [0.4, 0.5) is 0 Å². The van der Waals surface area contributed by atoms with Gasteiger partial charge in [-0.15, -0.1) is 0 Å². The first-order valence-electron chi connectivity index (χ1n) is 7.59. The Morgan fingerprint density at radius 2 is 1.88 bits per heavy atom. The lowest BCUT2D eigenvalue weighted by Crippen LogP contribution is -2.08. The molecule has 0 saturated heterocycles. The third-order valence-corrected chi connectivity index (χ3v) is 3.97. The van der Waals surface area contributed by atoms with E-state index in [4.69, 9.17) is 16.3 Å². The molecule has 0 unspecified atom stereocenters. The van der Waals surface area contributed by atoms with E-state index in [9.17, 15) is 4.79 Å². The first-order valence-corrected chi connectivity index (χ1v) is 7.96. The predicted octanol–water partition coefficient (Wildman–Crippen LogP) is 4.50. The summed E-state index contributed by atoms with van der Waals surface area (Å²) in [4.78, 5) is 12.4. The number of benzene rings is 2. The van der Waals surface area contributed by atoms with Gasteiger partial charge in [-0.2, -0.15) is 5.10 Å². The second-order valence-electron chi connectivity index (χ2n) is 5.56. The molecule has 0 amide bonds. The Labute approximate surface area is 145 Å². The number of halogens is 1. The van der Waals surface area contributed by atoms with E-state index in [1.807, 2.05) is 56.3 Å². The van der Waals surface area contributed by atoms with Crippen LogP contribution in [0.15, 0.2) is 54.6 Å². The predicted molar refractivity (Wildman–Crippen MR) is 93.6 cm³/mol. The van der Waals surface area contributed by atoms with E-state index >= 15 is 0 Å². The van der Waals surface area contributed by atoms with Gasteiger partial charge < -0.3 is 4.74 Å². The fraction of sp³-hybridized carbons (Fsp3) is 0.158. The lowest BCUT2D eigenvalue weighted by atomic mass is 10.2. The molecule has 0 aliphatic rings. The van der Waals surface area contributed by atoms with Crippen molar-refractivity contribution in [2.24, 2.45) is 0 Å². The number of hydrogen-bond acceptors (Lipinski definition) is 3. The van der Waals surface area contributed by atoms with Crippen LogP contribution in [-0.2, 0) is 11.3 Å². The van der Waals surface area contributed by atoms with Crippen molar-refractivity contribution in [1.29, 1.82) is 0 Å². The first-order chi connectivity index (χ1) is 11.5. The lowest BCUT2D eigenvalue weighted by Gasteiger charge is -2.10. The number of rotatable bonds is 4. The molecule has 0 fully saturated rings. The van der Waals surface area contributed by atoms with Crippen molar-refractivity contribution in [3.63, 3.8) is 0 Å². The average Bonchev–Trinajstić information content (AvgIpc) is 2.92. The number of aryl methyl sites for hydroxylation is 2. The molecule has 1 aromatic heterocycles. The highest BCUT2D eigenvalue weighted by Crippen LogP contribution is 2.22. The Bertz CT molecular complexity index is 872. The number of nitrogens with zero attached hydrogens (tertiary/aromatic N) is 2. The number of aromatic nitrogens is 2. The molecule has 0 saturated carbocycles. The summed E-state index contributed by atoms with van der Waals surface area (Å²) >= 11 is 6.17. The maximum atomic E-state index is 12.4. The largest absolute Gasteiger partial charge is 0.457 e. The molecule has 4 nitrogen and oxygen atoms in total. The summed E-state index contributed by atoms with van der Waals surface area (Å²) in [5, 5.41) is 4.79. The minimum Gasteiger partial charge on any atom is -0.457 e. The van der Waals surface area contributed by atoms with Gasteiger partial charge in [0.2, 0.25) is 0 Å². The molecule has 24 heavy (non-hydrogen) atoms. The molecule has 0 N–H and O–H groups in total. The molecule has 2 aromatic carbocycles. The van der Waals surface area contributed by atoms with E-state index in [2.05, 4.69) is 5.10 Å². The number of carbonyl (C=O) groups is 1. The van der Waals surface area contributed by atoms with Crippen LogP contribution in [0, 0.1) is 13.8 Å². The molecule has 0 bridgehead atoms. The quantitative estimate of drug-likeness (QED) is 0.657. The van der Waals surface area contributed by atoms with Crippen LogP contribution in [0.1, 0.15) is 27.3 Å². The zero-order chi connectivity index (χ0) is 17.1. The van der Waals surface area contributed by atoms with E-state index < -0.39 is 5.97 Å². The van der Waals surface area contributed by atoms with Crippen molar-refractivity contribution in [2.45, 2.75) is 20.5 Å². The van der Waals surface area contributed by atoms with Crippen molar-refractivity contribution in [2.75, 3.05) is 0 Å². The summed E-state index contributed by atoms with van der Waals surface area (Å²) in [6.45, 7) is 4.09. The van der Waals surface area contributed by atoms with Crippen LogP contribution < -0.4 is 0 Å². The molecular formula is C19H17ClN2O2. The van der Waals surface area contributed by atoms with Gasteiger partial charge in [0.1, 0.15) is 6.61 Å². The number of ether oxygens (including phenoxy) is 1. The molecule has 0 aliphatic heterocycles. The van der Waals surface area contributed by atoms with E-state index in [-0.39, 0.29) is 6.61 Å². The summed E-state index contributed by atoms with van der Waals surface area (Å²) in [7, 11) is 0. The molecule has 5 heteroatoms. The standard InChI is InChI=1S/C19H17ClN2O2/c1-13-10-14(2)22(21-13)16-8-9-18(20)17(11-16)19(23)24-12-15-6-4-3-5-7-15/h3-11H,12H2,1-2H3. The van der Waals surface area contributed by atoms with Crippen molar-refractivity contribution >= 4 is 17.6 Å². The van der Waals surface area contributed by atoms with Crippen LogP contribution in [0.3, 0.4) is 0 Å². The van der Waals surface area contributed by atoms with Crippen molar-refractivity contribution < 1.29 is 9.53 Å². The van der Waals surface area contributed by atoms with Gasteiger partial charge in [-0.05, 0) is 43.7 Å². The number of esters is 1. The first kappa shape index (κ1) is 16.3. The van der Waals surface area contributed by atoms with Gasteiger partial charge in [0.15, 0.2) is 0 Å². The highest BCUT2D eigenvalue weighted by molar-refractivity contribution is 6.33. The Kier molecular flexibility index (Phi) is 4.67. The van der Waals surface area contributed by atoms with Crippen LogP contribution >= 0.6 is 11.6 Å². The van der Waals surface area contributed by atoms with Gasteiger partial charge in [0, 0.05) is 5.69 Å². The Hall–Kier alpha value is -2.59. The molecule has 3 aromatic rings. The van der Waals surface area contributed by atoms with Gasteiger partial charge >= 0.3 is 5.97 Å². The van der Waals surface area contributed by atoms with Crippen molar-refractivity contribution in [3.8, 4) is 5.69 Å². The third-order valence-electron chi connectivity index (χ3n) is 3.64. The topological polar surface area (TPSA) is 44.1 Å². The van der Waals surface area contributed by atoms with Gasteiger partial charge in [-0.3, -0.25) is 0 Å². The normalized spacial score (nSPS) is 10.6. The van der Waals surface area contributed by atoms with Crippen LogP contribution in [0.5, 0.6) is 0 Å². The highest BCUT2D eigenvalue weighted by atomic mass is 35.5. The minimum atomic E-state index is -0.452.